The number of nitrogens with one attached hydrogen (secondary N) is 4. The number of piperazine rings is 1. The van der Waals surface area contributed by atoms with E-state index >= 15 is 4.39 Å². The lowest BCUT2D eigenvalue weighted by molar-refractivity contribution is -0.134. The van der Waals surface area contributed by atoms with Crippen molar-refractivity contribution in [1.82, 2.24) is 30.1 Å². The molecule has 1 unspecified atom stereocenters. The van der Waals surface area contributed by atoms with Gasteiger partial charge in [-0.1, -0.05) is 24.3 Å². The molecule has 2 aromatic heterocycles. The summed E-state index contributed by atoms with van der Waals surface area (Å²) < 4.78 is 42.5. The van der Waals surface area contributed by atoms with Crippen LogP contribution in [0.3, 0.4) is 0 Å². The fourth-order valence-corrected chi connectivity index (χ4v) is 11.4. The molecule has 15 nitrogen and oxygen atoms in total. The maximum Gasteiger partial charge on any atom is 0.234 e. The lowest BCUT2D eigenvalue weighted by Gasteiger charge is -2.43. The summed E-state index contributed by atoms with van der Waals surface area (Å²) in [6.07, 6.45) is 8.97. The number of anilines is 7. The highest BCUT2D eigenvalue weighted by Gasteiger charge is 2.32. The van der Waals surface area contributed by atoms with Crippen LogP contribution in [-0.2, 0) is 26.0 Å². The monoisotopic (exact) mass is 889 g/mol. The minimum Gasteiger partial charge on any atom is -0.371 e. The van der Waals surface area contributed by atoms with Crippen molar-refractivity contribution in [2.75, 3.05) is 96.4 Å². The zero-order valence-electron chi connectivity index (χ0n) is 36.2. The summed E-state index contributed by atoms with van der Waals surface area (Å²) in [4.78, 5) is 46.3. The van der Waals surface area contributed by atoms with Crippen LogP contribution in [0.1, 0.15) is 55.6 Å². The largest absolute Gasteiger partial charge is 0.371 e. The van der Waals surface area contributed by atoms with Gasteiger partial charge in [-0.2, -0.15) is 9.97 Å². The number of rotatable bonds is 12. The molecule has 7 heterocycles. The normalized spacial score (nSPS) is 21.4. The van der Waals surface area contributed by atoms with Gasteiger partial charge in [0.25, 0.3) is 0 Å². The SMILES string of the molecule is CS(=O)(=O)N1CCc2cccc(Nc3nc(Nc4ccc(N5CCC(N6CCN(CC[C@H]7CCN(c8ccc(C9CCC(=O)NC9=O)cc8)C7)CC6)CC5)c(F)c4)nc4[nH]ccc34)c21. The van der Waals surface area contributed by atoms with Crippen LogP contribution in [0.25, 0.3) is 11.0 Å². The highest BCUT2D eigenvalue weighted by molar-refractivity contribution is 7.92. The maximum atomic E-state index is 15.8. The summed E-state index contributed by atoms with van der Waals surface area (Å²) >= 11 is 0. The summed E-state index contributed by atoms with van der Waals surface area (Å²) in [5, 5.41) is 9.77. The van der Waals surface area contributed by atoms with Crippen molar-refractivity contribution in [2.45, 2.75) is 56.9 Å². The number of carbonyl (C=O) groups is 2. The number of sulfonamides is 1. The molecule has 0 bridgehead atoms. The number of H-pyrrole nitrogens is 1. The zero-order valence-corrected chi connectivity index (χ0v) is 37.0. The average molecular weight is 890 g/mol. The van der Waals surface area contributed by atoms with E-state index in [4.69, 9.17) is 4.98 Å². The molecule has 5 aromatic rings. The van der Waals surface area contributed by atoms with Gasteiger partial charge in [-0.05, 0) is 105 Å². The molecule has 2 amide bonds. The molecule has 0 aliphatic carbocycles. The van der Waals surface area contributed by atoms with Crippen LogP contribution in [0, 0.1) is 11.7 Å². The molecule has 4 fully saturated rings. The molecule has 336 valence electrons. The van der Waals surface area contributed by atoms with E-state index in [0.29, 0.717) is 72.0 Å². The number of hydrogen-bond acceptors (Lipinski definition) is 12. The van der Waals surface area contributed by atoms with E-state index in [1.165, 1.54) is 35.2 Å². The summed E-state index contributed by atoms with van der Waals surface area (Å²) in [6.45, 7) is 9.50. The van der Waals surface area contributed by atoms with Gasteiger partial charge in [0, 0.05) is 88.9 Å². The Balaban J connectivity index is 0.686. The molecule has 4 N–H and O–H groups in total. The third-order valence-corrected chi connectivity index (χ3v) is 15.2. The Bertz CT molecular complexity index is 2640. The van der Waals surface area contributed by atoms with Crippen molar-refractivity contribution in [2.24, 2.45) is 5.92 Å². The van der Waals surface area contributed by atoms with E-state index in [1.807, 2.05) is 36.4 Å². The highest BCUT2D eigenvalue weighted by atomic mass is 32.2. The molecule has 0 radical (unpaired) electrons. The van der Waals surface area contributed by atoms with Crippen molar-refractivity contribution in [3.63, 3.8) is 0 Å². The van der Waals surface area contributed by atoms with E-state index in [0.717, 1.165) is 88.3 Å². The van der Waals surface area contributed by atoms with Gasteiger partial charge in [0.1, 0.15) is 17.3 Å². The van der Waals surface area contributed by atoms with E-state index in [-0.39, 0.29) is 29.5 Å². The molecular formula is C47H56FN11O4S. The highest BCUT2D eigenvalue weighted by Crippen LogP contribution is 2.40. The van der Waals surface area contributed by atoms with Crippen molar-refractivity contribution >= 4 is 73.1 Å². The lowest BCUT2D eigenvalue weighted by atomic mass is 9.90. The first kappa shape index (κ1) is 42.2. The number of amides is 2. The van der Waals surface area contributed by atoms with Crippen LogP contribution in [-0.4, -0.2) is 123 Å². The van der Waals surface area contributed by atoms with Gasteiger partial charge in [-0.25, -0.2) is 12.8 Å². The number of benzene rings is 3. The third kappa shape index (κ3) is 8.84. The van der Waals surface area contributed by atoms with Crippen molar-refractivity contribution in [3.8, 4) is 0 Å². The Morgan fingerprint density at radius 1 is 0.828 bits per heavy atom. The van der Waals surface area contributed by atoms with Crippen molar-refractivity contribution in [1.29, 1.82) is 0 Å². The second-order valence-corrected chi connectivity index (χ2v) is 19.9. The van der Waals surface area contributed by atoms with E-state index in [9.17, 15) is 18.0 Å². The number of halogens is 1. The van der Waals surface area contributed by atoms with Crippen LogP contribution in [0.4, 0.5) is 44.6 Å². The molecule has 4 saturated heterocycles. The van der Waals surface area contributed by atoms with Gasteiger partial charge in [0.15, 0.2) is 0 Å². The minimum atomic E-state index is -3.46. The molecule has 3 aromatic carbocycles. The van der Waals surface area contributed by atoms with Crippen LogP contribution in [0.5, 0.6) is 0 Å². The number of aromatic nitrogens is 3. The summed E-state index contributed by atoms with van der Waals surface area (Å²) in [5.41, 5.74) is 6.09. The zero-order chi connectivity index (χ0) is 44.0. The first-order valence-corrected chi connectivity index (χ1v) is 24.6. The van der Waals surface area contributed by atoms with E-state index < -0.39 is 10.0 Å². The molecule has 0 saturated carbocycles. The minimum absolute atomic E-state index is 0.181. The maximum absolute atomic E-state index is 15.8. The van der Waals surface area contributed by atoms with Gasteiger partial charge < -0.3 is 30.3 Å². The topological polar surface area (TPSA) is 162 Å². The van der Waals surface area contributed by atoms with Crippen LogP contribution >= 0.6 is 0 Å². The molecule has 10 rings (SSSR count). The second-order valence-electron chi connectivity index (χ2n) is 18.0. The summed E-state index contributed by atoms with van der Waals surface area (Å²) in [7, 11) is -3.46. The number of nitrogens with zero attached hydrogens (tertiary/aromatic N) is 7. The molecule has 5 aliphatic heterocycles. The second kappa shape index (κ2) is 17.7. The van der Waals surface area contributed by atoms with Gasteiger partial charge in [-0.3, -0.25) is 24.1 Å². The van der Waals surface area contributed by atoms with Crippen molar-refractivity contribution in [3.05, 3.63) is 89.9 Å². The number of carbonyl (C=O) groups excluding carboxylic acids is 2. The number of para-hydroxylation sites is 1. The summed E-state index contributed by atoms with van der Waals surface area (Å²) in [6, 6.07) is 21.6. The average Bonchev–Trinajstić information content (AvgIpc) is 4.08. The number of hydrogen-bond donors (Lipinski definition) is 4. The number of imide groups is 1. The van der Waals surface area contributed by atoms with Crippen LogP contribution in [0.2, 0.25) is 0 Å². The van der Waals surface area contributed by atoms with E-state index in [2.05, 4.69) is 69.8 Å². The Hall–Kier alpha value is -5.78. The van der Waals surface area contributed by atoms with Crippen LogP contribution in [0.15, 0.2) is 72.9 Å². The van der Waals surface area contributed by atoms with Crippen molar-refractivity contribution < 1.29 is 22.4 Å². The standard InChI is InChI=1S/C47H56FN11O4S/c1-64(62,63)59-24-16-33-3-2-4-40(43(33)59)51-45-38-13-19-49-44(38)53-47(54-45)50-34-7-11-41(39(48)29-34)57-22-17-36(18-23-57)56-27-25-55(26-28-56)20-14-31-15-21-58(30-31)35-8-5-32(6-9-35)37-10-12-42(60)52-46(37)61/h2-9,11,13,19,29,31,36-37H,10,12,14-18,20-28,30H2,1H3,(H,52,60,61)(H3,49,50,51,53,54)/t31-,37?/m0/s1. The quantitative estimate of drug-likeness (QED) is 0.110. The summed E-state index contributed by atoms with van der Waals surface area (Å²) in [5.74, 6) is 0.518. The Kier molecular flexibility index (Phi) is 11.6. The first-order valence-electron chi connectivity index (χ1n) is 22.7. The number of aromatic amines is 1. The molecule has 0 spiro atoms. The molecule has 17 heteroatoms. The van der Waals surface area contributed by atoms with E-state index in [1.54, 1.807) is 6.20 Å². The number of piperidine rings is 2. The molecule has 5 aliphatic rings. The predicted octanol–water partition coefficient (Wildman–Crippen LogP) is 5.93. The molecular weight excluding hydrogens is 834 g/mol. The third-order valence-electron chi connectivity index (χ3n) is 14.0. The van der Waals surface area contributed by atoms with Gasteiger partial charge >= 0.3 is 0 Å². The Labute approximate surface area is 373 Å². The Morgan fingerprint density at radius 2 is 1.62 bits per heavy atom. The molecule has 64 heavy (non-hydrogen) atoms. The number of fused-ring (bicyclic) bond motifs is 2. The van der Waals surface area contributed by atoms with Crippen LogP contribution < -0.4 is 30.1 Å². The molecule has 2 atom stereocenters. The predicted molar refractivity (Wildman–Crippen MR) is 249 cm³/mol. The van der Waals surface area contributed by atoms with Gasteiger partial charge in [0.2, 0.25) is 27.8 Å². The Morgan fingerprint density at radius 3 is 2.39 bits per heavy atom. The fourth-order valence-electron chi connectivity index (χ4n) is 10.5. The first-order chi connectivity index (χ1) is 31.0. The lowest BCUT2D eigenvalue weighted by Crippen LogP contribution is -2.53. The fraction of sp³-hybridized carbons (Fsp3) is 0.447. The van der Waals surface area contributed by atoms with Gasteiger partial charge in [-0.15, -0.1) is 0 Å². The van der Waals surface area contributed by atoms with Gasteiger partial charge in [0.05, 0.1) is 34.6 Å². The smallest absolute Gasteiger partial charge is 0.234 e.